The molecular weight excluding hydrogens is 228 g/mol. The summed E-state index contributed by atoms with van der Waals surface area (Å²) in [5.74, 6) is 1.01. The van der Waals surface area contributed by atoms with Gasteiger partial charge in [-0.2, -0.15) is 0 Å². The Hall–Kier alpha value is -1.98. The van der Waals surface area contributed by atoms with Crippen LogP contribution in [0, 0.1) is 0 Å². The molecular formula is C12H16N6. The zero-order valence-corrected chi connectivity index (χ0v) is 10.2. The van der Waals surface area contributed by atoms with Gasteiger partial charge >= 0.3 is 0 Å². The maximum absolute atomic E-state index is 4.33. The summed E-state index contributed by atoms with van der Waals surface area (Å²) in [4.78, 5) is 8.64. The summed E-state index contributed by atoms with van der Waals surface area (Å²) in [7, 11) is 0. The average Bonchev–Trinajstić information content (AvgIpc) is 3.05. The van der Waals surface area contributed by atoms with Gasteiger partial charge in [-0.15, -0.1) is 5.10 Å². The second-order valence-electron chi connectivity index (χ2n) is 4.45. The first-order valence-electron chi connectivity index (χ1n) is 6.34. The Morgan fingerprint density at radius 2 is 2.28 bits per heavy atom. The maximum atomic E-state index is 4.33. The van der Waals surface area contributed by atoms with Crippen molar-refractivity contribution in [2.24, 2.45) is 0 Å². The van der Waals surface area contributed by atoms with Crippen molar-refractivity contribution in [1.29, 1.82) is 0 Å². The molecule has 18 heavy (non-hydrogen) atoms. The third-order valence-electron chi connectivity index (χ3n) is 3.20. The van der Waals surface area contributed by atoms with E-state index in [0.717, 1.165) is 38.2 Å². The van der Waals surface area contributed by atoms with Crippen LogP contribution in [0.1, 0.15) is 24.1 Å². The molecule has 2 aromatic rings. The van der Waals surface area contributed by atoms with Crippen LogP contribution in [0.5, 0.6) is 0 Å². The van der Waals surface area contributed by atoms with Crippen LogP contribution >= 0.6 is 0 Å². The monoisotopic (exact) mass is 244 g/mol. The van der Waals surface area contributed by atoms with Gasteiger partial charge in [0.25, 0.3) is 0 Å². The van der Waals surface area contributed by atoms with Gasteiger partial charge in [-0.3, -0.25) is 4.68 Å². The van der Waals surface area contributed by atoms with Crippen LogP contribution in [0.15, 0.2) is 18.7 Å². The average molecular weight is 244 g/mol. The van der Waals surface area contributed by atoms with E-state index in [0.29, 0.717) is 0 Å². The van der Waals surface area contributed by atoms with Crippen LogP contribution in [0.25, 0.3) is 0 Å². The second-order valence-corrected chi connectivity index (χ2v) is 4.45. The molecule has 3 rings (SSSR count). The highest BCUT2D eigenvalue weighted by atomic mass is 15.4. The van der Waals surface area contributed by atoms with Gasteiger partial charge in [0.15, 0.2) is 0 Å². The van der Waals surface area contributed by atoms with Crippen molar-refractivity contribution in [2.45, 2.75) is 32.2 Å². The van der Waals surface area contributed by atoms with E-state index >= 15 is 0 Å². The molecule has 0 saturated carbocycles. The van der Waals surface area contributed by atoms with Crippen molar-refractivity contribution in [3.05, 3.63) is 30.0 Å². The van der Waals surface area contributed by atoms with E-state index in [1.54, 1.807) is 12.5 Å². The molecule has 0 spiro atoms. The lowest BCUT2D eigenvalue weighted by atomic mass is 10.2. The van der Waals surface area contributed by atoms with Crippen LogP contribution in [-0.2, 0) is 19.4 Å². The predicted molar refractivity (Wildman–Crippen MR) is 67.2 cm³/mol. The molecule has 2 heterocycles. The quantitative estimate of drug-likeness (QED) is 0.796. The summed E-state index contributed by atoms with van der Waals surface area (Å²) >= 11 is 0. The molecule has 94 valence electrons. The Morgan fingerprint density at radius 1 is 1.28 bits per heavy atom. The highest BCUT2D eigenvalue weighted by Crippen LogP contribution is 2.24. The van der Waals surface area contributed by atoms with E-state index in [9.17, 15) is 0 Å². The molecule has 0 unspecified atom stereocenters. The number of aryl methyl sites for hydroxylation is 2. The Bertz CT molecular complexity index is 507. The lowest BCUT2D eigenvalue weighted by molar-refractivity contribution is 0.569. The summed E-state index contributed by atoms with van der Waals surface area (Å²) in [5, 5.41) is 11.1. The Morgan fingerprint density at radius 3 is 3.17 bits per heavy atom. The molecule has 1 N–H and O–H groups in total. The minimum Gasteiger partial charge on any atom is -0.370 e. The number of aromatic nitrogens is 5. The predicted octanol–water partition coefficient (Wildman–Crippen LogP) is 1.06. The fourth-order valence-electron chi connectivity index (χ4n) is 2.31. The zero-order valence-electron chi connectivity index (χ0n) is 10.2. The summed E-state index contributed by atoms with van der Waals surface area (Å²) in [6.45, 7) is 1.77. The molecule has 0 fully saturated rings. The number of fused-ring (bicyclic) bond motifs is 1. The SMILES string of the molecule is c1cn(CCCNc2ncnc3c2CCC3)nn1. The van der Waals surface area contributed by atoms with Gasteiger partial charge < -0.3 is 5.32 Å². The summed E-state index contributed by atoms with van der Waals surface area (Å²) in [6.07, 6.45) is 9.62. The molecule has 0 aromatic carbocycles. The summed E-state index contributed by atoms with van der Waals surface area (Å²) in [6, 6.07) is 0. The zero-order chi connectivity index (χ0) is 12.2. The highest BCUT2D eigenvalue weighted by Gasteiger charge is 2.16. The van der Waals surface area contributed by atoms with Crippen LogP contribution in [0.2, 0.25) is 0 Å². The van der Waals surface area contributed by atoms with Gasteiger partial charge in [0, 0.05) is 30.5 Å². The van der Waals surface area contributed by atoms with Crippen LogP contribution in [0.3, 0.4) is 0 Å². The molecule has 6 heteroatoms. The molecule has 2 aromatic heterocycles. The van der Waals surface area contributed by atoms with Gasteiger partial charge in [0.1, 0.15) is 12.1 Å². The lowest BCUT2D eigenvalue weighted by Gasteiger charge is -2.09. The first kappa shape index (κ1) is 11.1. The van der Waals surface area contributed by atoms with E-state index in [1.165, 1.54) is 17.7 Å². The third kappa shape index (κ3) is 2.32. The third-order valence-corrected chi connectivity index (χ3v) is 3.20. The topological polar surface area (TPSA) is 68.5 Å². The molecule has 0 aliphatic heterocycles. The van der Waals surface area contributed by atoms with Gasteiger partial charge in [-0.25, -0.2) is 9.97 Å². The van der Waals surface area contributed by atoms with Crippen molar-refractivity contribution in [1.82, 2.24) is 25.0 Å². The number of rotatable bonds is 5. The number of hydrogen-bond acceptors (Lipinski definition) is 5. The van der Waals surface area contributed by atoms with Crippen LogP contribution < -0.4 is 5.32 Å². The van der Waals surface area contributed by atoms with Crippen LogP contribution in [0.4, 0.5) is 5.82 Å². The minimum absolute atomic E-state index is 0.875. The molecule has 0 amide bonds. The van der Waals surface area contributed by atoms with Gasteiger partial charge in [-0.05, 0) is 25.7 Å². The lowest BCUT2D eigenvalue weighted by Crippen LogP contribution is -2.10. The summed E-state index contributed by atoms with van der Waals surface area (Å²) < 4.78 is 1.84. The molecule has 1 aliphatic carbocycles. The minimum atomic E-state index is 0.875. The first-order chi connectivity index (χ1) is 8.93. The van der Waals surface area contributed by atoms with Crippen molar-refractivity contribution in [3.63, 3.8) is 0 Å². The number of anilines is 1. The molecule has 0 atom stereocenters. The molecule has 0 radical (unpaired) electrons. The van der Waals surface area contributed by atoms with E-state index in [2.05, 4.69) is 25.6 Å². The van der Waals surface area contributed by atoms with E-state index in [-0.39, 0.29) is 0 Å². The van der Waals surface area contributed by atoms with Crippen molar-refractivity contribution < 1.29 is 0 Å². The number of nitrogens with zero attached hydrogens (tertiary/aromatic N) is 5. The second kappa shape index (κ2) is 5.12. The molecule has 0 saturated heterocycles. The number of nitrogens with one attached hydrogen (secondary N) is 1. The Kier molecular flexibility index (Phi) is 3.16. The van der Waals surface area contributed by atoms with Crippen molar-refractivity contribution in [2.75, 3.05) is 11.9 Å². The normalized spacial score (nSPS) is 13.6. The standard InChI is InChI=1S/C12H16N6/c1-3-10-11(4-1)14-9-15-12(10)13-5-2-7-18-8-6-16-17-18/h6,8-9H,1-5,7H2,(H,13,14,15). The van der Waals surface area contributed by atoms with E-state index in [1.807, 2.05) is 10.9 Å². The highest BCUT2D eigenvalue weighted by molar-refractivity contribution is 5.47. The van der Waals surface area contributed by atoms with Crippen molar-refractivity contribution in [3.8, 4) is 0 Å². The van der Waals surface area contributed by atoms with E-state index in [4.69, 9.17) is 0 Å². The van der Waals surface area contributed by atoms with Gasteiger partial charge in [0.05, 0.1) is 6.20 Å². The number of hydrogen-bond donors (Lipinski definition) is 1. The smallest absolute Gasteiger partial charge is 0.132 e. The summed E-state index contributed by atoms with van der Waals surface area (Å²) in [5.41, 5.74) is 2.52. The largest absolute Gasteiger partial charge is 0.370 e. The fraction of sp³-hybridized carbons (Fsp3) is 0.500. The first-order valence-corrected chi connectivity index (χ1v) is 6.34. The molecule has 0 bridgehead atoms. The molecule has 1 aliphatic rings. The van der Waals surface area contributed by atoms with Crippen LogP contribution in [-0.4, -0.2) is 31.5 Å². The van der Waals surface area contributed by atoms with E-state index < -0.39 is 0 Å². The maximum Gasteiger partial charge on any atom is 0.132 e. The van der Waals surface area contributed by atoms with Gasteiger partial charge in [-0.1, -0.05) is 5.21 Å². The Labute approximate surface area is 105 Å². The fourth-order valence-corrected chi connectivity index (χ4v) is 2.31. The Balaban J connectivity index is 1.53. The van der Waals surface area contributed by atoms with Crippen molar-refractivity contribution >= 4 is 5.82 Å². The molecule has 6 nitrogen and oxygen atoms in total. The van der Waals surface area contributed by atoms with Gasteiger partial charge in [0.2, 0.25) is 0 Å².